The normalized spacial score (nSPS) is 12.5. The lowest BCUT2D eigenvalue weighted by atomic mass is 9.97. The molecule has 84 valence electrons. The van der Waals surface area contributed by atoms with Gasteiger partial charge in [-0.15, -0.1) is 0 Å². The van der Waals surface area contributed by atoms with Crippen molar-refractivity contribution in [2.75, 3.05) is 13.2 Å². The number of rotatable bonds is 8. The van der Waals surface area contributed by atoms with Crippen LogP contribution in [0.15, 0.2) is 0 Å². The van der Waals surface area contributed by atoms with Crippen LogP contribution in [0.3, 0.4) is 0 Å². The minimum absolute atomic E-state index is 0.0358. The van der Waals surface area contributed by atoms with Crippen molar-refractivity contribution in [2.24, 2.45) is 11.7 Å². The molecule has 0 aliphatic rings. The van der Waals surface area contributed by atoms with E-state index >= 15 is 0 Å². The Kier molecular flexibility index (Phi) is 8.64. The van der Waals surface area contributed by atoms with E-state index in [-0.39, 0.29) is 11.9 Å². The molecular weight excluding hydrogens is 178 g/mol. The number of esters is 1. The first kappa shape index (κ1) is 13.4. The zero-order valence-corrected chi connectivity index (χ0v) is 9.42. The van der Waals surface area contributed by atoms with Crippen molar-refractivity contribution in [3.05, 3.63) is 0 Å². The van der Waals surface area contributed by atoms with E-state index < -0.39 is 0 Å². The Balaban J connectivity index is 3.81. The van der Waals surface area contributed by atoms with Crippen LogP contribution in [0.1, 0.15) is 46.0 Å². The Morgan fingerprint density at radius 2 is 2.00 bits per heavy atom. The van der Waals surface area contributed by atoms with Crippen LogP contribution < -0.4 is 5.73 Å². The van der Waals surface area contributed by atoms with Gasteiger partial charge in [-0.05, 0) is 32.7 Å². The van der Waals surface area contributed by atoms with Crippen LogP contribution in [0.25, 0.3) is 0 Å². The maximum absolute atomic E-state index is 11.5. The van der Waals surface area contributed by atoms with Crippen LogP contribution in [0.5, 0.6) is 0 Å². The standard InChI is InChI=1S/C11H23NO2/c1-3-7-10(8-5-6-9-12)11(13)14-4-2/h10H,3-9,12H2,1-2H3. The topological polar surface area (TPSA) is 52.3 Å². The molecule has 3 nitrogen and oxygen atoms in total. The zero-order valence-electron chi connectivity index (χ0n) is 9.42. The lowest BCUT2D eigenvalue weighted by molar-refractivity contribution is -0.148. The largest absolute Gasteiger partial charge is 0.466 e. The fourth-order valence-electron chi connectivity index (χ4n) is 1.52. The molecular formula is C11H23NO2. The molecule has 0 bridgehead atoms. The van der Waals surface area contributed by atoms with Crippen molar-refractivity contribution in [2.45, 2.75) is 46.0 Å². The minimum atomic E-state index is -0.0358. The summed E-state index contributed by atoms with van der Waals surface area (Å²) in [4.78, 5) is 11.5. The second-order valence-electron chi connectivity index (χ2n) is 3.52. The first-order valence-electron chi connectivity index (χ1n) is 5.62. The Hall–Kier alpha value is -0.570. The summed E-state index contributed by atoms with van der Waals surface area (Å²) in [6.45, 7) is 5.13. The van der Waals surface area contributed by atoms with Gasteiger partial charge in [-0.3, -0.25) is 4.79 Å². The third-order valence-corrected chi connectivity index (χ3v) is 2.26. The Labute approximate surface area is 87.0 Å². The molecule has 14 heavy (non-hydrogen) atoms. The molecule has 0 radical (unpaired) electrons. The third kappa shape index (κ3) is 5.97. The first-order valence-corrected chi connectivity index (χ1v) is 5.62. The molecule has 0 amide bonds. The highest BCUT2D eigenvalue weighted by molar-refractivity contribution is 5.72. The Bertz CT molecular complexity index is 148. The van der Waals surface area contributed by atoms with E-state index in [9.17, 15) is 4.79 Å². The van der Waals surface area contributed by atoms with E-state index in [0.717, 1.165) is 32.1 Å². The van der Waals surface area contributed by atoms with Gasteiger partial charge in [0.05, 0.1) is 12.5 Å². The Morgan fingerprint density at radius 3 is 2.50 bits per heavy atom. The van der Waals surface area contributed by atoms with E-state index in [4.69, 9.17) is 10.5 Å². The number of hydrogen-bond donors (Lipinski definition) is 1. The summed E-state index contributed by atoms with van der Waals surface area (Å²) in [5.41, 5.74) is 5.41. The van der Waals surface area contributed by atoms with Crippen LogP contribution in [0.4, 0.5) is 0 Å². The van der Waals surface area contributed by atoms with Gasteiger partial charge >= 0.3 is 5.97 Å². The van der Waals surface area contributed by atoms with E-state index in [1.807, 2.05) is 6.92 Å². The number of carbonyl (C=O) groups excluding carboxylic acids is 1. The molecule has 2 N–H and O–H groups in total. The summed E-state index contributed by atoms with van der Waals surface area (Å²) in [6.07, 6.45) is 4.92. The molecule has 0 aromatic heterocycles. The molecule has 0 aromatic rings. The number of ether oxygens (including phenoxy) is 1. The van der Waals surface area contributed by atoms with Crippen molar-refractivity contribution >= 4 is 5.97 Å². The molecule has 1 atom stereocenters. The lowest BCUT2D eigenvalue weighted by Crippen LogP contribution is -2.18. The molecule has 0 spiro atoms. The summed E-state index contributed by atoms with van der Waals surface area (Å²) in [5, 5.41) is 0. The molecule has 0 saturated carbocycles. The molecule has 0 fully saturated rings. The summed E-state index contributed by atoms with van der Waals surface area (Å²) in [6, 6.07) is 0. The summed E-state index contributed by atoms with van der Waals surface area (Å²) in [7, 11) is 0. The highest BCUT2D eigenvalue weighted by Crippen LogP contribution is 2.16. The van der Waals surface area contributed by atoms with Gasteiger partial charge in [0.15, 0.2) is 0 Å². The smallest absolute Gasteiger partial charge is 0.308 e. The fraction of sp³-hybridized carbons (Fsp3) is 0.909. The van der Waals surface area contributed by atoms with Gasteiger partial charge in [0, 0.05) is 0 Å². The van der Waals surface area contributed by atoms with Gasteiger partial charge in [0.25, 0.3) is 0 Å². The van der Waals surface area contributed by atoms with Crippen LogP contribution in [0.2, 0.25) is 0 Å². The van der Waals surface area contributed by atoms with Gasteiger partial charge in [-0.25, -0.2) is 0 Å². The van der Waals surface area contributed by atoms with Gasteiger partial charge in [-0.1, -0.05) is 19.8 Å². The number of carbonyl (C=O) groups is 1. The first-order chi connectivity index (χ1) is 6.76. The lowest BCUT2D eigenvalue weighted by Gasteiger charge is -2.13. The minimum Gasteiger partial charge on any atom is -0.466 e. The summed E-state index contributed by atoms with van der Waals surface area (Å²) >= 11 is 0. The number of hydrogen-bond acceptors (Lipinski definition) is 3. The highest BCUT2D eigenvalue weighted by Gasteiger charge is 2.17. The monoisotopic (exact) mass is 201 g/mol. The Morgan fingerprint density at radius 1 is 1.29 bits per heavy atom. The highest BCUT2D eigenvalue weighted by atomic mass is 16.5. The van der Waals surface area contributed by atoms with Crippen molar-refractivity contribution in [3.8, 4) is 0 Å². The second-order valence-corrected chi connectivity index (χ2v) is 3.52. The fourth-order valence-corrected chi connectivity index (χ4v) is 1.52. The molecule has 0 aliphatic carbocycles. The van der Waals surface area contributed by atoms with Crippen LogP contribution in [-0.2, 0) is 9.53 Å². The van der Waals surface area contributed by atoms with Crippen molar-refractivity contribution < 1.29 is 9.53 Å². The van der Waals surface area contributed by atoms with E-state index in [0.29, 0.717) is 13.2 Å². The van der Waals surface area contributed by atoms with Crippen molar-refractivity contribution in [1.82, 2.24) is 0 Å². The third-order valence-electron chi connectivity index (χ3n) is 2.26. The molecule has 3 heteroatoms. The van der Waals surface area contributed by atoms with Crippen LogP contribution in [0, 0.1) is 5.92 Å². The predicted octanol–water partition coefficient (Wildman–Crippen LogP) is 2.09. The van der Waals surface area contributed by atoms with Gasteiger partial charge in [0.1, 0.15) is 0 Å². The molecule has 0 saturated heterocycles. The van der Waals surface area contributed by atoms with Crippen LogP contribution in [-0.4, -0.2) is 19.1 Å². The van der Waals surface area contributed by atoms with Crippen molar-refractivity contribution in [3.63, 3.8) is 0 Å². The second kappa shape index (κ2) is 9.00. The molecule has 1 unspecified atom stereocenters. The molecule has 0 heterocycles. The van der Waals surface area contributed by atoms with Crippen LogP contribution >= 0.6 is 0 Å². The van der Waals surface area contributed by atoms with E-state index in [1.165, 1.54) is 0 Å². The predicted molar refractivity (Wildman–Crippen MR) is 57.9 cm³/mol. The van der Waals surface area contributed by atoms with Crippen molar-refractivity contribution in [1.29, 1.82) is 0 Å². The maximum atomic E-state index is 11.5. The number of unbranched alkanes of at least 4 members (excludes halogenated alkanes) is 1. The number of nitrogens with two attached hydrogens (primary N) is 1. The maximum Gasteiger partial charge on any atom is 0.308 e. The molecule has 0 aromatic carbocycles. The van der Waals surface area contributed by atoms with Gasteiger partial charge in [-0.2, -0.15) is 0 Å². The van der Waals surface area contributed by atoms with E-state index in [1.54, 1.807) is 0 Å². The molecule has 0 aliphatic heterocycles. The summed E-state index contributed by atoms with van der Waals surface area (Å²) < 4.78 is 5.02. The zero-order chi connectivity index (χ0) is 10.8. The van der Waals surface area contributed by atoms with E-state index in [2.05, 4.69) is 6.92 Å². The quantitative estimate of drug-likeness (QED) is 0.483. The summed E-state index contributed by atoms with van der Waals surface area (Å²) in [5.74, 6) is 0.0536. The average Bonchev–Trinajstić information content (AvgIpc) is 2.17. The molecule has 0 rings (SSSR count). The average molecular weight is 201 g/mol. The van der Waals surface area contributed by atoms with Gasteiger partial charge in [0.2, 0.25) is 0 Å². The SMILES string of the molecule is CCCC(CCCCN)C(=O)OCC. The van der Waals surface area contributed by atoms with Gasteiger partial charge < -0.3 is 10.5 Å².